The molecule has 0 heterocycles. The number of aliphatic hydroxyl groups excluding tert-OH is 1. The van der Waals surface area contributed by atoms with E-state index >= 15 is 0 Å². The summed E-state index contributed by atoms with van der Waals surface area (Å²) in [6, 6.07) is 0. The lowest BCUT2D eigenvalue weighted by Gasteiger charge is -2.28. The molecule has 0 aliphatic heterocycles. The molecule has 86 valence electrons. The Morgan fingerprint density at radius 2 is 1.71 bits per heavy atom. The van der Waals surface area contributed by atoms with Crippen LogP contribution in [0.15, 0.2) is 0 Å². The van der Waals surface area contributed by atoms with Crippen LogP contribution in [0.25, 0.3) is 0 Å². The van der Waals surface area contributed by atoms with Gasteiger partial charge in [0.05, 0.1) is 5.73 Å². The number of hydrogen-bond donors (Lipinski definition) is 1. The summed E-state index contributed by atoms with van der Waals surface area (Å²) in [5.41, 5.74) is -0.408. The Morgan fingerprint density at radius 3 is 2.14 bits per heavy atom. The lowest BCUT2D eigenvalue weighted by molar-refractivity contribution is 0.137. The van der Waals surface area contributed by atoms with E-state index in [1.807, 2.05) is 6.55 Å². The second-order valence-electron chi connectivity index (χ2n) is 3.79. The van der Waals surface area contributed by atoms with E-state index in [9.17, 15) is 5.11 Å². The fourth-order valence-electron chi connectivity index (χ4n) is 1.38. The van der Waals surface area contributed by atoms with Crippen molar-refractivity contribution in [2.75, 3.05) is 14.2 Å². The van der Waals surface area contributed by atoms with Crippen LogP contribution in [0.1, 0.15) is 39.0 Å². The Balaban J connectivity index is 3.75. The molecule has 1 unspecified atom stereocenters. The topological polar surface area (TPSA) is 38.7 Å². The van der Waals surface area contributed by atoms with Crippen molar-refractivity contribution < 1.29 is 14.0 Å². The van der Waals surface area contributed by atoms with Crippen LogP contribution in [0.3, 0.4) is 0 Å². The van der Waals surface area contributed by atoms with Crippen molar-refractivity contribution in [2.45, 2.75) is 51.3 Å². The molecule has 0 rings (SSSR count). The first-order valence-electron chi connectivity index (χ1n) is 5.39. The first-order valence-corrected chi connectivity index (χ1v) is 7.78. The maximum absolute atomic E-state index is 9.88. The predicted octanol–water partition coefficient (Wildman–Crippen LogP) is 2.22. The maximum atomic E-state index is 9.88. The standard InChI is InChI=1S/C10H24O3Si/c1-5-6-7-8-9-10(11)14(4,12-2)13-3/h10-11H,5-9H2,1-4H3. The molecule has 4 heteroatoms. The summed E-state index contributed by atoms with van der Waals surface area (Å²) >= 11 is 0. The van der Waals surface area contributed by atoms with Crippen molar-refractivity contribution in [2.24, 2.45) is 0 Å². The minimum Gasteiger partial charge on any atom is -0.396 e. The Labute approximate surface area is 88.7 Å². The van der Waals surface area contributed by atoms with Crippen LogP contribution in [0, 0.1) is 0 Å². The molecule has 0 aliphatic rings. The summed E-state index contributed by atoms with van der Waals surface area (Å²) < 4.78 is 10.5. The van der Waals surface area contributed by atoms with Crippen molar-refractivity contribution in [1.82, 2.24) is 0 Å². The normalized spacial score (nSPS) is 14.4. The molecule has 0 bridgehead atoms. The zero-order chi connectivity index (χ0) is 11.0. The second-order valence-corrected chi connectivity index (χ2v) is 7.30. The van der Waals surface area contributed by atoms with Crippen molar-refractivity contribution >= 4 is 8.56 Å². The minimum atomic E-state index is -2.31. The van der Waals surface area contributed by atoms with Crippen LogP contribution in [-0.2, 0) is 8.85 Å². The van der Waals surface area contributed by atoms with Gasteiger partial charge in [-0.05, 0) is 13.0 Å². The van der Waals surface area contributed by atoms with E-state index in [1.165, 1.54) is 19.3 Å². The second kappa shape index (κ2) is 7.40. The van der Waals surface area contributed by atoms with Gasteiger partial charge in [-0.1, -0.05) is 32.6 Å². The Kier molecular flexibility index (Phi) is 7.45. The van der Waals surface area contributed by atoms with E-state index in [1.54, 1.807) is 14.2 Å². The highest BCUT2D eigenvalue weighted by atomic mass is 28.4. The van der Waals surface area contributed by atoms with Gasteiger partial charge in [0.1, 0.15) is 0 Å². The monoisotopic (exact) mass is 220 g/mol. The first-order chi connectivity index (χ1) is 6.60. The minimum absolute atomic E-state index is 0.408. The predicted molar refractivity (Wildman–Crippen MR) is 60.4 cm³/mol. The van der Waals surface area contributed by atoms with E-state index in [4.69, 9.17) is 8.85 Å². The molecule has 0 amide bonds. The fourth-order valence-corrected chi connectivity index (χ4v) is 2.82. The lowest BCUT2D eigenvalue weighted by atomic mass is 10.2. The van der Waals surface area contributed by atoms with E-state index in [-0.39, 0.29) is 0 Å². The van der Waals surface area contributed by atoms with Gasteiger partial charge in [0.2, 0.25) is 0 Å². The molecule has 3 nitrogen and oxygen atoms in total. The zero-order valence-corrected chi connectivity index (χ0v) is 10.9. The Morgan fingerprint density at radius 1 is 1.14 bits per heavy atom. The Bertz CT molecular complexity index is 137. The van der Waals surface area contributed by atoms with Gasteiger partial charge in [-0.2, -0.15) is 0 Å². The summed E-state index contributed by atoms with van der Waals surface area (Å²) in [6.07, 6.45) is 5.50. The van der Waals surface area contributed by atoms with Gasteiger partial charge in [-0.25, -0.2) is 0 Å². The van der Waals surface area contributed by atoms with Crippen LogP contribution in [-0.4, -0.2) is 33.6 Å². The molecule has 1 atom stereocenters. The van der Waals surface area contributed by atoms with Crippen molar-refractivity contribution in [3.8, 4) is 0 Å². The number of unbranched alkanes of at least 4 members (excludes halogenated alkanes) is 3. The molecule has 0 fully saturated rings. The Hall–Kier alpha value is 0.0969. The van der Waals surface area contributed by atoms with E-state index in [2.05, 4.69) is 6.92 Å². The van der Waals surface area contributed by atoms with Gasteiger partial charge in [0.25, 0.3) is 0 Å². The molecule has 1 N–H and O–H groups in total. The molecule has 0 aromatic rings. The largest absolute Gasteiger partial charge is 0.396 e. The number of rotatable bonds is 8. The quantitative estimate of drug-likeness (QED) is 0.503. The van der Waals surface area contributed by atoms with Crippen LogP contribution in [0.4, 0.5) is 0 Å². The smallest absolute Gasteiger partial charge is 0.364 e. The molecule has 0 aromatic heterocycles. The van der Waals surface area contributed by atoms with Crippen molar-refractivity contribution in [3.05, 3.63) is 0 Å². The molecule has 0 radical (unpaired) electrons. The van der Waals surface area contributed by atoms with Gasteiger partial charge in [0.15, 0.2) is 0 Å². The van der Waals surface area contributed by atoms with Crippen LogP contribution in [0.5, 0.6) is 0 Å². The molecular weight excluding hydrogens is 196 g/mol. The first kappa shape index (κ1) is 14.1. The summed E-state index contributed by atoms with van der Waals surface area (Å²) in [4.78, 5) is 0. The molecule has 0 aliphatic carbocycles. The molecule has 0 saturated heterocycles. The highest BCUT2D eigenvalue weighted by molar-refractivity contribution is 6.67. The molecular formula is C10H24O3Si. The molecule has 0 spiro atoms. The number of hydrogen-bond acceptors (Lipinski definition) is 3. The maximum Gasteiger partial charge on any atom is 0.364 e. The molecule has 14 heavy (non-hydrogen) atoms. The van der Waals surface area contributed by atoms with Gasteiger partial charge in [-0.3, -0.25) is 0 Å². The van der Waals surface area contributed by atoms with Gasteiger partial charge in [-0.15, -0.1) is 0 Å². The zero-order valence-electron chi connectivity index (χ0n) is 9.88. The average Bonchev–Trinajstić information content (AvgIpc) is 2.22. The summed E-state index contributed by atoms with van der Waals surface area (Å²) in [5, 5.41) is 9.88. The van der Waals surface area contributed by atoms with E-state index in [0.717, 1.165) is 12.8 Å². The van der Waals surface area contributed by atoms with Crippen molar-refractivity contribution in [1.29, 1.82) is 0 Å². The van der Waals surface area contributed by atoms with E-state index < -0.39 is 14.3 Å². The van der Waals surface area contributed by atoms with E-state index in [0.29, 0.717) is 0 Å². The van der Waals surface area contributed by atoms with Crippen molar-refractivity contribution in [3.63, 3.8) is 0 Å². The van der Waals surface area contributed by atoms with Gasteiger partial charge in [0, 0.05) is 14.2 Å². The third-order valence-corrected chi connectivity index (χ3v) is 5.87. The van der Waals surface area contributed by atoms with Crippen LogP contribution in [0.2, 0.25) is 6.55 Å². The SMILES string of the molecule is CCCCCCC(O)[Si](C)(OC)OC. The highest BCUT2D eigenvalue weighted by Crippen LogP contribution is 2.16. The van der Waals surface area contributed by atoms with Gasteiger partial charge >= 0.3 is 8.56 Å². The van der Waals surface area contributed by atoms with Gasteiger partial charge < -0.3 is 14.0 Å². The molecule has 0 saturated carbocycles. The summed E-state index contributed by atoms with van der Waals surface area (Å²) in [6.45, 7) is 4.08. The summed E-state index contributed by atoms with van der Waals surface area (Å²) in [5.74, 6) is 0. The van der Waals surface area contributed by atoms with Crippen LogP contribution < -0.4 is 0 Å². The third kappa shape index (κ3) is 4.55. The summed E-state index contributed by atoms with van der Waals surface area (Å²) in [7, 11) is 0.927. The van der Waals surface area contributed by atoms with Crippen LogP contribution >= 0.6 is 0 Å². The number of aliphatic hydroxyl groups is 1. The lowest BCUT2D eigenvalue weighted by Crippen LogP contribution is -2.49. The molecule has 0 aromatic carbocycles. The fraction of sp³-hybridized carbons (Fsp3) is 1.00. The third-order valence-electron chi connectivity index (χ3n) is 2.75. The average molecular weight is 220 g/mol. The highest BCUT2D eigenvalue weighted by Gasteiger charge is 2.37.